The summed E-state index contributed by atoms with van der Waals surface area (Å²) >= 11 is 5.90. The lowest BCUT2D eigenvalue weighted by Gasteiger charge is -2.11. The lowest BCUT2D eigenvalue weighted by Crippen LogP contribution is -2.19. The topological polar surface area (TPSA) is 81.9 Å². The number of amides is 1. The van der Waals surface area contributed by atoms with Crippen molar-refractivity contribution in [2.75, 3.05) is 11.9 Å². The van der Waals surface area contributed by atoms with Crippen molar-refractivity contribution in [3.63, 3.8) is 0 Å². The molecule has 2 rings (SSSR count). The summed E-state index contributed by atoms with van der Waals surface area (Å²) in [5.74, 6) is 0.299. The largest absolute Gasteiger partial charge is 0.492 e. The Morgan fingerprint density at radius 3 is 3.05 bits per heavy atom. The highest BCUT2D eigenvalue weighted by molar-refractivity contribution is 6.31. The molecule has 2 aromatic rings. The first kappa shape index (κ1) is 13.3. The molecule has 0 saturated carbocycles. The zero-order valence-corrected chi connectivity index (χ0v) is 11.0. The Labute approximate surface area is 114 Å². The van der Waals surface area contributed by atoms with Gasteiger partial charge in [-0.2, -0.15) is 0 Å². The van der Waals surface area contributed by atoms with Crippen LogP contribution in [0.1, 0.15) is 6.92 Å². The first-order valence-corrected chi connectivity index (χ1v) is 6.00. The zero-order chi connectivity index (χ0) is 13.7. The van der Waals surface area contributed by atoms with Crippen LogP contribution in [0, 0.1) is 0 Å². The van der Waals surface area contributed by atoms with Crippen LogP contribution >= 0.6 is 11.6 Å². The number of nitrogens with one attached hydrogen (secondary N) is 1. The molecule has 0 bridgehead atoms. The van der Waals surface area contributed by atoms with Crippen LogP contribution in [0.3, 0.4) is 0 Å². The molecule has 1 heterocycles. The summed E-state index contributed by atoms with van der Waals surface area (Å²) in [7, 11) is 0. The second-order valence-electron chi connectivity index (χ2n) is 3.63. The number of aromatic nitrogens is 4. The monoisotopic (exact) mass is 281 g/mol. The molecule has 1 aromatic heterocycles. The number of anilines is 1. The summed E-state index contributed by atoms with van der Waals surface area (Å²) < 4.78 is 6.73. The molecule has 0 unspecified atom stereocenters. The van der Waals surface area contributed by atoms with Crippen LogP contribution in [0.25, 0.3) is 0 Å². The van der Waals surface area contributed by atoms with Crippen molar-refractivity contribution in [3.8, 4) is 5.75 Å². The van der Waals surface area contributed by atoms with Gasteiger partial charge in [0.25, 0.3) is 0 Å². The highest BCUT2D eigenvalue weighted by Crippen LogP contribution is 2.27. The summed E-state index contributed by atoms with van der Waals surface area (Å²) in [5, 5.41) is 13.7. The van der Waals surface area contributed by atoms with E-state index in [9.17, 15) is 4.79 Å². The second kappa shape index (κ2) is 6.14. The maximum Gasteiger partial charge on any atom is 0.246 e. The number of tetrazole rings is 1. The molecular weight excluding hydrogens is 270 g/mol. The van der Waals surface area contributed by atoms with Gasteiger partial charge in [-0.1, -0.05) is 11.6 Å². The number of carbonyl (C=O) groups excluding carboxylic acids is 1. The smallest absolute Gasteiger partial charge is 0.246 e. The van der Waals surface area contributed by atoms with Crippen LogP contribution in [-0.2, 0) is 11.3 Å². The molecule has 0 aliphatic rings. The second-order valence-corrected chi connectivity index (χ2v) is 4.07. The summed E-state index contributed by atoms with van der Waals surface area (Å²) in [5.41, 5.74) is 0.521. The van der Waals surface area contributed by atoms with Crippen LogP contribution in [-0.4, -0.2) is 32.7 Å². The molecule has 0 fully saturated rings. The molecule has 100 valence electrons. The van der Waals surface area contributed by atoms with E-state index in [0.29, 0.717) is 23.1 Å². The zero-order valence-electron chi connectivity index (χ0n) is 10.2. The average molecular weight is 282 g/mol. The van der Waals surface area contributed by atoms with Crippen molar-refractivity contribution in [1.82, 2.24) is 20.2 Å². The van der Waals surface area contributed by atoms with Gasteiger partial charge in [0.05, 0.1) is 12.3 Å². The SMILES string of the molecule is CCOc1ccc(Cl)cc1NC(=O)Cn1cnnn1. The first-order chi connectivity index (χ1) is 9.19. The third-order valence-corrected chi connectivity index (χ3v) is 2.45. The van der Waals surface area contributed by atoms with E-state index in [0.717, 1.165) is 0 Å². The Hall–Kier alpha value is -2.15. The number of nitrogens with zero attached hydrogens (tertiary/aromatic N) is 4. The number of hydrogen-bond donors (Lipinski definition) is 1. The Bertz CT molecular complexity index is 558. The van der Waals surface area contributed by atoms with Crippen LogP contribution in [0.2, 0.25) is 5.02 Å². The predicted octanol–water partition coefficient (Wildman–Crippen LogP) is 1.36. The third-order valence-electron chi connectivity index (χ3n) is 2.21. The fourth-order valence-corrected chi connectivity index (χ4v) is 1.64. The number of halogens is 1. The van der Waals surface area contributed by atoms with E-state index in [2.05, 4.69) is 20.8 Å². The number of hydrogen-bond acceptors (Lipinski definition) is 5. The van der Waals surface area contributed by atoms with Gasteiger partial charge in [0.2, 0.25) is 5.91 Å². The highest BCUT2D eigenvalue weighted by Gasteiger charge is 2.09. The van der Waals surface area contributed by atoms with Crippen molar-refractivity contribution in [1.29, 1.82) is 0 Å². The van der Waals surface area contributed by atoms with Gasteiger partial charge in [0.15, 0.2) is 0 Å². The minimum absolute atomic E-state index is 0.0189. The molecule has 7 nitrogen and oxygen atoms in total. The first-order valence-electron chi connectivity index (χ1n) is 5.62. The maximum absolute atomic E-state index is 11.8. The van der Waals surface area contributed by atoms with Gasteiger partial charge < -0.3 is 10.1 Å². The van der Waals surface area contributed by atoms with E-state index >= 15 is 0 Å². The normalized spacial score (nSPS) is 10.2. The Kier molecular flexibility index (Phi) is 4.30. The van der Waals surface area contributed by atoms with Crippen LogP contribution in [0.4, 0.5) is 5.69 Å². The van der Waals surface area contributed by atoms with Crippen LogP contribution in [0.5, 0.6) is 5.75 Å². The van der Waals surface area contributed by atoms with E-state index in [1.54, 1.807) is 18.2 Å². The van der Waals surface area contributed by atoms with Gasteiger partial charge in [-0.3, -0.25) is 4.79 Å². The molecule has 0 radical (unpaired) electrons. The van der Waals surface area contributed by atoms with Gasteiger partial charge in [-0.25, -0.2) is 4.68 Å². The molecular formula is C11H12ClN5O2. The van der Waals surface area contributed by atoms with Crippen molar-refractivity contribution < 1.29 is 9.53 Å². The number of ether oxygens (including phenoxy) is 1. The fourth-order valence-electron chi connectivity index (χ4n) is 1.47. The Morgan fingerprint density at radius 2 is 2.37 bits per heavy atom. The minimum atomic E-state index is -0.268. The van der Waals surface area contributed by atoms with Crippen molar-refractivity contribution in [2.45, 2.75) is 13.5 Å². The highest BCUT2D eigenvalue weighted by atomic mass is 35.5. The predicted molar refractivity (Wildman–Crippen MR) is 69.1 cm³/mol. The summed E-state index contributed by atoms with van der Waals surface area (Å²) in [6.07, 6.45) is 1.36. The van der Waals surface area contributed by atoms with E-state index in [-0.39, 0.29) is 12.5 Å². The maximum atomic E-state index is 11.8. The molecule has 1 aromatic carbocycles. The van der Waals surface area contributed by atoms with E-state index in [4.69, 9.17) is 16.3 Å². The number of carbonyl (C=O) groups is 1. The summed E-state index contributed by atoms with van der Waals surface area (Å²) in [6, 6.07) is 5.03. The van der Waals surface area contributed by atoms with Crippen LogP contribution < -0.4 is 10.1 Å². The standard InChI is InChI=1S/C11H12ClN5O2/c1-2-19-10-4-3-8(12)5-9(10)14-11(18)6-17-7-13-15-16-17/h3-5,7H,2,6H2,1H3,(H,14,18). The van der Waals surface area contributed by atoms with Gasteiger partial charge in [0, 0.05) is 5.02 Å². The molecule has 1 amide bonds. The summed E-state index contributed by atoms with van der Waals surface area (Å²) in [4.78, 5) is 11.8. The Morgan fingerprint density at radius 1 is 1.53 bits per heavy atom. The third kappa shape index (κ3) is 3.65. The van der Waals surface area contributed by atoms with Crippen molar-refractivity contribution >= 4 is 23.2 Å². The van der Waals surface area contributed by atoms with Crippen molar-refractivity contribution in [2.24, 2.45) is 0 Å². The number of benzene rings is 1. The quantitative estimate of drug-likeness (QED) is 0.895. The molecule has 8 heteroatoms. The molecule has 0 saturated heterocycles. The number of rotatable bonds is 5. The van der Waals surface area contributed by atoms with Crippen LogP contribution in [0.15, 0.2) is 24.5 Å². The summed E-state index contributed by atoms with van der Waals surface area (Å²) in [6.45, 7) is 2.38. The van der Waals surface area contributed by atoms with E-state index in [1.165, 1.54) is 11.0 Å². The average Bonchev–Trinajstić information content (AvgIpc) is 2.85. The molecule has 0 atom stereocenters. The molecule has 0 spiro atoms. The fraction of sp³-hybridized carbons (Fsp3) is 0.273. The lowest BCUT2D eigenvalue weighted by atomic mass is 10.3. The molecule has 0 aliphatic carbocycles. The van der Waals surface area contributed by atoms with Gasteiger partial charge in [0.1, 0.15) is 18.6 Å². The van der Waals surface area contributed by atoms with Gasteiger partial charge >= 0.3 is 0 Å². The molecule has 19 heavy (non-hydrogen) atoms. The van der Waals surface area contributed by atoms with Crippen molar-refractivity contribution in [3.05, 3.63) is 29.5 Å². The molecule has 1 N–H and O–H groups in total. The van der Waals surface area contributed by atoms with Gasteiger partial charge in [-0.15, -0.1) is 5.10 Å². The Balaban J connectivity index is 2.08. The molecule has 0 aliphatic heterocycles. The lowest BCUT2D eigenvalue weighted by molar-refractivity contribution is -0.116. The van der Waals surface area contributed by atoms with Gasteiger partial charge in [-0.05, 0) is 35.5 Å². The van der Waals surface area contributed by atoms with E-state index < -0.39 is 0 Å². The minimum Gasteiger partial charge on any atom is -0.492 e. The van der Waals surface area contributed by atoms with E-state index in [1.807, 2.05) is 6.92 Å².